The SMILES string of the molecule is CC1CCCCN1Cc1cnc(N)cn1. The van der Waals surface area contributed by atoms with Crippen molar-refractivity contribution >= 4 is 5.82 Å². The number of anilines is 1. The number of nitrogens with zero attached hydrogens (tertiary/aromatic N) is 3. The minimum Gasteiger partial charge on any atom is -0.382 e. The molecule has 4 nitrogen and oxygen atoms in total. The Labute approximate surface area is 90.5 Å². The third kappa shape index (κ3) is 2.65. The quantitative estimate of drug-likeness (QED) is 0.795. The lowest BCUT2D eigenvalue weighted by atomic mass is 10.0. The molecule has 1 aliphatic rings. The maximum atomic E-state index is 5.50. The zero-order chi connectivity index (χ0) is 10.7. The van der Waals surface area contributed by atoms with E-state index in [-0.39, 0.29) is 0 Å². The van der Waals surface area contributed by atoms with E-state index in [1.165, 1.54) is 25.8 Å². The Bertz CT molecular complexity index is 309. The van der Waals surface area contributed by atoms with Gasteiger partial charge in [0, 0.05) is 12.6 Å². The van der Waals surface area contributed by atoms with Crippen LogP contribution in [0.2, 0.25) is 0 Å². The summed E-state index contributed by atoms with van der Waals surface area (Å²) in [6.07, 6.45) is 7.35. The zero-order valence-corrected chi connectivity index (χ0v) is 9.19. The number of rotatable bonds is 2. The molecule has 1 saturated heterocycles. The largest absolute Gasteiger partial charge is 0.382 e. The van der Waals surface area contributed by atoms with E-state index in [1.807, 2.05) is 0 Å². The molecule has 2 N–H and O–H groups in total. The van der Waals surface area contributed by atoms with Crippen molar-refractivity contribution in [3.63, 3.8) is 0 Å². The average Bonchev–Trinajstić information content (AvgIpc) is 2.25. The monoisotopic (exact) mass is 206 g/mol. The van der Waals surface area contributed by atoms with E-state index in [0.29, 0.717) is 11.9 Å². The lowest BCUT2D eigenvalue weighted by Crippen LogP contribution is -2.37. The second kappa shape index (κ2) is 4.57. The number of nitrogens with two attached hydrogens (primary N) is 1. The summed E-state index contributed by atoms with van der Waals surface area (Å²) >= 11 is 0. The van der Waals surface area contributed by atoms with E-state index in [4.69, 9.17) is 5.73 Å². The summed E-state index contributed by atoms with van der Waals surface area (Å²) in [5, 5.41) is 0. The third-order valence-electron chi connectivity index (χ3n) is 3.03. The molecule has 0 amide bonds. The van der Waals surface area contributed by atoms with E-state index >= 15 is 0 Å². The van der Waals surface area contributed by atoms with Crippen LogP contribution in [-0.4, -0.2) is 27.5 Å². The van der Waals surface area contributed by atoms with Crippen LogP contribution in [0.25, 0.3) is 0 Å². The summed E-state index contributed by atoms with van der Waals surface area (Å²) in [6, 6.07) is 0.665. The van der Waals surface area contributed by atoms with Gasteiger partial charge in [0.1, 0.15) is 5.82 Å². The summed E-state index contributed by atoms with van der Waals surface area (Å²) in [6.45, 7) is 4.35. The molecular formula is C11H18N4. The van der Waals surface area contributed by atoms with Gasteiger partial charge in [-0.1, -0.05) is 6.42 Å². The van der Waals surface area contributed by atoms with Gasteiger partial charge in [0.15, 0.2) is 0 Å². The molecule has 1 aliphatic heterocycles. The lowest BCUT2D eigenvalue weighted by Gasteiger charge is -2.32. The highest BCUT2D eigenvalue weighted by Gasteiger charge is 2.18. The van der Waals surface area contributed by atoms with E-state index in [2.05, 4.69) is 21.8 Å². The molecule has 1 atom stereocenters. The molecule has 1 aromatic heterocycles. The Morgan fingerprint density at radius 2 is 2.27 bits per heavy atom. The van der Waals surface area contributed by atoms with Gasteiger partial charge in [0.05, 0.1) is 18.1 Å². The first kappa shape index (κ1) is 10.4. The second-order valence-electron chi connectivity index (χ2n) is 4.25. The number of nitrogen functional groups attached to an aromatic ring is 1. The number of likely N-dealkylation sites (tertiary alicyclic amines) is 1. The molecule has 0 spiro atoms. The molecule has 0 saturated carbocycles. The number of aromatic nitrogens is 2. The zero-order valence-electron chi connectivity index (χ0n) is 9.19. The van der Waals surface area contributed by atoms with E-state index in [1.54, 1.807) is 12.4 Å². The fourth-order valence-electron chi connectivity index (χ4n) is 2.05. The Kier molecular flexibility index (Phi) is 3.16. The Balaban J connectivity index is 1.98. The molecule has 2 rings (SSSR count). The van der Waals surface area contributed by atoms with Crippen molar-refractivity contribution in [1.29, 1.82) is 0 Å². The van der Waals surface area contributed by atoms with Crippen LogP contribution >= 0.6 is 0 Å². The molecular weight excluding hydrogens is 188 g/mol. The average molecular weight is 206 g/mol. The third-order valence-corrected chi connectivity index (χ3v) is 3.03. The van der Waals surface area contributed by atoms with Gasteiger partial charge in [0.2, 0.25) is 0 Å². The van der Waals surface area contributed by atoms with Gasteiger partial charge in [-0.15, -0.1) is 0 Å². The van der Waals surface area contributed by atoms with Crippen LogP contribution in [0.3, 0.4) is 0 Å². The Hall–Kier alpha value is -1.16. The lowest BCUT2D eigenvalue weighted by molar-refractivity contribution is 0.150. The van der Waals surface area contributed by atoms with Gasteiger partial charge in [-0.25, -0.2) is 4.98 Å². The van der Waals surface area contributed by atoms with E-state index in [9.17, 15) is 0 Å². The van der Waals surface area contributed by atoms with Crippen LogP contribution in [0.15, 0.2) is 12.4 Å². The van der Waals surface area contributed by atoms with Crippen LogP contribution in [-0.2, 0) is 6.54 Å². The molecule has 0 aliphatic carbocycles. The highest BCUT2D eigenvalue weighted by atomic mass is 15.2. The van der Waals surface area contributed by atoms with Gasteiger partial charge >= 0.3 is 0 Å². The number of hydrogen-bond acceptors (Lipinski definition) is 4. The first-order chi connectivity index (χ1) is 7.25. The molecule has 0 radical (unpaired) electrons. The summed E-state index contributed by atoms with van der Waals surface area (Å²) in [5.74, 6) is 0.491. The summed E-state index contributed by atoms with van der Waals surface area (Å²) in [4.78, 5) is 10.8. The van der Waals surface area contributed by atoms with Crippen molar-refractivity contribution in [2.24, 2.45) is 0 Å². The van der Waals surface area contributed by atoms with E-state index < -0.39 is 0 Å². The molecule has 1 aromatic rings. The van der Waals surface area contributed by atoms with Crippen molar-refractivity contribution in [2.75, 3.05) is 12.3 Å². The van der Waals surface area contributed by atoms with Gasteiger partial charge in [-0.3, -0.25) is 9.88 Å². The maximum absolute atomic E-state index is 5.50. The molecule has 1 fully saturated rings. The van der Waals surface area contributed by atoms with Gasteiger partial charge < -0.3 is 5.73 Å². The van der Waals surface area contributed by atoms with Gasteiger partial charge in [0.25, 0.3) is 0 Å². The van der Waals surface area contributed by atoms with Crippen LogP contribution in [0.4, 0.5) is 5.82 Å². The fourth-order valence-corrected chi connectivity index (χ4v) is 2.05. The predicted octanol–water partition coefficient (Wildman–Crippen LogP) is 1.43. The highest BCUT2D eigenvalue weighted by Crippen LogP contribution is 2.18. The van der Waals surface area contributed by atoms with Crippen molar-refractivity contribution in [3.8, 4) is 0 Å². The Morgan fingerprint density at radius 1 is 1.40 bits per heavy atom. The first-order valence-electron chi connectivity index (χ1n) is 5.56. The van der Waals surface area contributed by atoms with Crippen LogP contribution in [0, 0.1) is 0 Å². The van der Waals surface area contributed by atoms with Crippen molar-refractivity contribution in [1.82, 2.24) is 14.9 Å². The molecule has 82 valence electrons. The molecule has 0 aromatic carbocycles. The normalized spacial score (nSPS) is 22.9. The summed E-state index contributed by atoms with van der Waals surface area (Å²) in [7, 11) is 0. The minimum absolute atomic E-state index is 0.491. The van der Waals surface area contributed by atoms with Crippen molar-refractivity contribution < 1.29 is 0 Å². The van der Waals surface area contributed by atoms with Gasteiger partial charge in [-0.2, -0.15) is 0 Å². The van der Waals surface area contributed by atoms with Crippen LogP contribution < -0.4 is 5.73 Å². The molecule has 15 heavy (non-hydrogen) atoms. The van der Waals surface area contributed by atoms with Crippen molar-refractivity contribution in [3.05, 3.63) is 18.1 Å². The summed E-state index contributed by atoms with van der Waals surface area (Å²) in [5.41, 5.74) is 6.51. The molecule has 0 bridgehead atoms. The maximum Gasteiger partial charge on any atom is 0.141 e. The standard InChI is InChI=1S/C11H18N4/c1-9-4-2-3-5-15(9)8-10-6-14-11(12)7-13-10/h6-7,9H,2-5,8H2,1H3,(H2,12,14). The fraction of sp³-hybridized carbons (Fsp3) is 0.636. The van der Waals surface area contributed by atoms with Crippen LogP contribution in [0.1, 0.15) is 31.9 Å². The Morgan fingerprint density at radius 3 is 2.93 bits per heavy atom. The topological polar surface area (TPSA) is 55.0 Å². The first-order valence-corrected chi connectivity index (χ1v) is 5.56. The number of piperidine rings is 1. The predicted molar refractivity (Wildman–Crippen MR) is 60.2 cm³/mol. The summed E-state index contributed by atoms with van der Waals surface area (Å²) < 4.78 is 0. The molecule has 2 heterocycles. The van der Waals surface area contributed by atoms with E-state index in [0.717, 1.165) is 12.2 Å². The smallest absolute Gasteiger partial charge is 0.141 e. The van der Waals surface area contributed by atoms with Crippen LogP contribution in [0.5, 0.6) is 0 Å². The molecule has 4 heteroatoms. The van der Waals surface area contributed by atoms with Crippen molar-refractivity contribution in [2.45, 2.75) is 38.8 Å². The molecule has 1 unspecified atom stereocenters. The van der Waals surface area contributed by atoms with Gasteiger partial charge in [-0.05, 0) is 26.3 Å². The number of hydrogen-bond donors (Lipinski definition) is 1. The second-order valence-corrected chi connectivity index (χ2v) is 4.25. The minimum atomic E-state index is 0.491. The highest BCUT2D eigenvalue weighted by molar-refractivity contribution is 5.22.